The van der Waals surface area contributed by atoms with Gasteiger partial charge in [-0.1, -0.05) is 26.0 Å². The molecule has 0 saturated heterocycles. The number of nitrogens with zero attached hydrogens (tertiary/aromatic N) is 2. The van der Waals surface area contributed by atoms with E-state index in [1.165, 1.54) is 0 Å². The minimum atomic E-state index is -0.255. The summed E-state index contributed by atoms with van der Waals surface area (Å²) >= 11 is 0. The summed E-state index contributed by atoms with van der Waals surface area (Å²) in [6.45, 7) is 10.9. The zero-order valence-corrected chi connectivity index (χ0v) is 11.6. The molecule has 1 aromatic heterocycles. The standard InChI is InChI=1S/C14H22FN3/c1-10(2)9-18(5)14-13(15)12(6-7-16-14)8-17-11(3)4/h6-7,11,17H,1,8-9H2,2-5H3. The van der Waals surface area contributed by atoms with Gasteiger partial charge in [-0.3, -0.25) is 0 Å². The highest BCUT2D eigenvalue weighted by Gasteiger charge is 2.13. The van der Waals surface area contributed by atoms with Crippen LogP contribution in [0.4, 0.5) is 10.2 Å². The molecule has 0 spiro atoms. The van der Waals surface area contributed by atoms with Crippen LogP contribution in [-0.2, 0) is 6.54 Å². The Bertz CT molecular complexity index is 416. The van der Waals surface area contributed by atoms with Crippen LogP contribution in [0.2, 0.25) is 0 Å². The van der Waals surface area contributed by atoms with Gasteiger partial charge in [0.15, 0.2) is 11.6 Å². The quantitative estimate of drug-likeness (QED) is 0.788. The molecular weight excluding hydrogens is 229 g/mol. The van der Waals surface area contributed by atoms with Crippen molar-refractivity contribution in [3.05, 3.63) is 35.8 Å². The number of aromatic nitrogens is 1. The minimum absolute atomic E-state index is 0.255. The van der Waals surface area contributed by atoms with Crippen molar-refractivity contribution < 1.29 is 4.39 Å². The number of anilines is 1. The van der Waals surface area contributed by atoms with Crippen LogP contribution >= 0.6 is 0 Å². The highest BCUT2D eigenvalue weighted by molar-refractivity contribution is 5.43. The molecule has 0 bridgehead atoms. The molecule has 1 rings (SSSR count). The van der Waals surface area contributed by atoms with Crippen molar-refractivity contribution in [3.63, 3.8) is 0 Å². The molecular formula is C14H22FN3. The average Bonchev–Trinajstić information content (AvgIpc) is 2.26. The molecule has 0 fully saturated rings. The van der Waals surface area contributed by atoms with Crippen molar-refractivity contribution in [1.29, 1.82) is 0 Å². The summed E-state index contributed by atoms with van der Waals surface area (Å²) in [7, 11) is 1.82. The highest BCUT2D eigenvalue weighted by Crippen LogP contribution is 2.19. The second-order valence-electron chi connectivity index (χ2n) is 4.96. The van der Waals surface area contributed by atoms with E-state index in [-0.39, 0.29) is 5.82 Å². The Morgan fingerprint density at radius 3 is 2.78 bits per heavy atom. The van der Waals surface area contributed by atoms with Gasteiger partial charge in [-0.2, -0.15) is 0 Å². The van der Waals surface area contributed by atoms with Gasteiger partial charge in [0.1, 0.15) is 0 Å². The molecule has 0 aliphatic rings. The van der Waals surface area contributed by atoms with Gasteiger partial charge in [0.2, 0.25) is 0 Å². The topological polar surface area (TPSA) is 28.2 Å². The molecule has 0 saturated carbocycles. The maximum absolute atomic E-state index is 14.2. The first kappa shape index (κ1) is 14.6. The molecule has 0 atom stereocenters. The third-order valence-corrected chi connectivity index (χ3v) is 2.52. The van der Waals surface area contributed by atoms with Crippen LogP contribution < -0.4 is 10.2 Å². The molecule has 100 valence electrons. The normalized spacial score (nSPS) is 10.8. The molecule has 4 heteroatoms. The van der Waals surface area contributed by atoms with Crippen molar-refractivity contribution >= 4 is 5.82 Å². The lowest BCUT2D eigenvalue weighted by molar-refractivity contribution is 0.549. The van der Waals surface area contributed by atoms with Gasteiger partial charge in [0.05, 0.1) is 0 Å². The van der Waals surface area contributed by atoms with Crippen LogP contribution in [0.25, 0.3) is 0 Å². The molecule has 0 aliphatic heterocycles. The number of nitrogens with one attached hydrogen (secondary N) is 1. The number of rotatable bonds is 6. The van der Waals surface area contributed by atoms with Gasteiger partial charge >= 0.3 is 0 Å². The van der Waals surface area contributed by atoms with Crippen LogP contribution in [-0.4, -0.2) is 24.6 Å². The van der Waals surface area contributed by atoms with Crippen LogP contribution in [0.1, 0.15) is 26.3 Å². The summed E-state index contributed by atoms with van der Waals surface area (Å²) < 4.78 is 14.2. The van der Waals surface area contributed by atoms with Crippen LogP contribution in [0.3, 0.4) is 0 Å². The summed E-state index contributed by atoms with van der Waals surface area (Å²) in [5.74, 6) is 0.121. The molecule has 0 aromatic carbocycles. The van der Waals surface area contributed by atoms with E-state index in [0.717, 1.165) is 5.57 Å². The lowest BCUT2D eigenvalue weighted by atomic mass is 10.2. The summed E-state index contributed by atoms with van der Waals surface area (Å²) in [5, 5.41) is 3.21. The number of hydrogen-bond donors (Lipinski definition) is 1. The van der Waals surface area contributed by atoms with Crippen molar-refractivity contribution in [2.75, 3.05) is 18.5 Å². The molecule has 18 heavy (non-hydrogen) atoms. The minimum Gasteiger partial charge on any atom is -0.353 e. The van der Waals surface area contributed by atoms with E-state index < -0.39 is 0 Å². The zero-order valence-electron chi connectivity index (χ0n) is 11.6. The second-order valence-corrected chi connectivity index (χ2v) is 4.96. The van der Waals surface area contributed by atoms with Gasteiger partial charge in [0, 0.05) is 37.9 Å². The Morgan fingerprint density at radius 2 is 2.22 bits per heavy atom. The van der Waals surface area contributed by atoms with Crippen molar-refractivity contribution in [2.24, 2.45) is 0 Å². The first-order valence-corrected chi connectivity index (χ1v) is 6.14. The van der Waals surface area contributed by atoms with E-state index in [1.807, 2.05) is 27.8 Å². The van der Waals surface area contributed by atoms with Crippen molar-refractivity contribution in [2.45, 2.75) is 33.4 Å². The van der Waals surface area contributed by atoms with Gasteiger partial charge < -0.3 is 10.2 Å². The Balaban J connectivity index is 2.87. The Labute approximate surface area is 109 Å². The van der Waals surface area contributed by atoms with E-state index in [9.17, 15) is 4.39 Å². The summed E-state index contributed by atoms with van der Waals surface area (Å²) in [6.07, 6.45) is 1.64. The fraction of sp³-hybridized carbons (Fsp3) is 0.500. The Hall–Kier alpha value is -1.42. The van der Waals surface area contributed by atoms with Crippen molar-refractivity contribution in [3.8, 4) is 0 Å². The first-order chi connectivity index (χ1) is 8.41. The molecule has 0 radical (unpaired) electrons. The Kier molecular flexibility index (Phi) is 5.28. The second kappa shape index (κ2) is 6.50. The van der Waals surface area contributed by atoms with Crippen LogP contribution in [0.15, 0.2) is 24.4 Å². The summed E-state index contributed by atoms with van der Waals surface area (Å²) in [5.41, 5.74) is 1.62. The van der Waals surface area contributed by atoms with E-state index in [0.29, 0.717) is 30.5 Å². The lowest BCUT2D eigenvalue weighted by Gasteiger charge is -2.20. The van der Waals surface area contributed by atoms with Gasteiger partial charge in [-0.05, 0) is 13.0 Å². The highest BCUT2D eigenvalue weighted by atomic mass is 19.1. The van der Waals surface area contributed by atoms with E-state index >= 15 is 0 Å². The lowest BCUT2D eigenvalue weighted by Crippen LogP contribution is -2.25. The average molecular weight is 251 g/mol. The SMILES string of the molecule is C=C(C)CN(C)c1nccc(CNC(C)C)c1F. The predicted molar refractivity (Wildman–Crippen MR) is 74.3 cm³/mol. The largest absolute Gasteiger partial charge is 0.353 e. The van der Waals surface area contributed by atoms with E-state index in [1.54, 1.807) is 17.2 Å². The molecule has 1 N–H and O–H groups in total. The van der Waals surface area contributed by atoms with Crippen LogP contribution in [0, 0.1) is 5.82 Å². The zero-order chi connectivity index (χ0) is 13.7. The van der Waals surface area contributed by atoms with Gasteiger partial charge in [0.25, 0.3) is 0 Å². The third-order valence-electron chi connectivity index (χ3n) is 2.52. The summed E-state index contributed by atoms with van der Waals surface area (Å²) in [6, 6.07) is 2.04. The van der Waals surface area contributed by atoms with E-state index in [4.69, 9.17) is 0 Å². The predicted octanol–water partition coefficient (Wildman–Crippen LogP) is 2.73. The number of hydrogen-bond acceptors (Lipinski definition) is 3. The fourth-order valence-electron chi connectivity index (χ4n) is 1.67. The number of likely N-dealkylation sites (N-methyl/N-ethyl adjacent to an activating group) is 1. The van der Waals surface area contributed by atoms with Gasteiger partial charge in [-0.25, -0.2) is 9.37 Å². The van der Waals surface area contributed by atoms with E-state index in [2.05, 4.69) is 16.9 Å². The summed E-state index contributed by atoms with van der Waals surface area (Å²) in [4.78, 5) is 5.88. The number of halogens is 1. The molecule has 3 nitrogen and oxygen atoms in total. The molecule has 1 heterocycles. The maximum Gasteiger partial charge on any atom is 0.170 e. The third kappa shape index (κ3) is 4.11. The molecule has 1 aromatic rings. The smallest absolute Gasteiger partial charge is 0.170 e. The fourth-order valence-corrected chi connectivity index (χ4v) is 1.67. The monoisotopic (exact) mass is 251 g/mol. The molecule has 0 unspecified atom stereocenters. The first-order valence-electron chi connectivity index (χ1n) is 6.14. The Morgan fingerprint density at radius 1 is 1.56 bits per heavy atom. The molecule has 0 amide bonds. The van der Waals surface area contributed by atoms with Gasteiger partial charge in [-0.15, -0.1) is 0 Å². The maximum atomic E-state index is 14.2. The molecule has 0 aliphatic carbocycles. The van der Waals surface area contributed by atoms with Crippen molar-refractivity contribution in [1.82, 2.24) is 10.3 Å². The van der Waals surface area contributed by atoms with Crippen LogP contribution in [0.5, 0.6) is 0 Å². The number of pyridine rings is 1.